The number of benzene rings is 2. The number of thioether (sulfide) groups is 1. The Morgan fingerprint density at radius 3 is 2.52 bits per heavy atom. The van der Waals surface area contributed by atoms with Gasteiger partial charge >= 0.3 is 0 Å². The summed E-state index contributed by atoms with van der Waals surface area (Å²) in [6.45, 7) is 6.09. The molecule has 1 heterocycles. The van der Waals surface area contributed by atoms with E-state index < -0.39 is 0 Å². The molecule has 1 N–H and O–H groups in total. The molecule has 3 aromatic rings. The van der Waals surface area contributed by atoms with Crippen LogP contribution in [0.5, 0.6) is 0 Å². The third-order valence-electron chi connectivity index (χ3n) is 4.19. The number of nitrogens with zero attached hydrogens (tertiary/aromatic N) is 2. The minimum Gasteiger partial charge on any atom is -0.321 e. The molecular weight excluding hydrogens is 378 g/mol. The lowest BCUT2D eigenvalue weighted by molar-refractivity contribution is 0.102. The quantitative estimate of drug-likeness (QED) is 0.449. The van der Waals surface area contributed by atoms with Gasteiger partial charge in [0.15, 0.2) is 10.9 Å². The predicted molar refractivity (Wildman–Crippen MR) is 112 cm³/mol. The van der Waals surface area contributed by atoms with E-state index >= 15 is 0 Å². The molecule has 6 heteroatoms. The number of carbonyl (C=O) groups excluding carboxylic acids is 1. The highest BCUT2D eigenvalue weighted by Gasteiger charge is 2.15. The molecule has 0 aliphatic carbocycles. The highest BCUT2D eigenvalue weighted by Crippen LogP contribution is 2.23. The van der Waals surface area contributed by atoms with Crippen LogP contribution in [0.2, 0.25) is 5.02 Å². The molecule has 1 aromatic heterocycles. The Kier molecular flexibility index (Phi) is 6.14. The van der Waals surface area contributed by atoms with Gasteiger partial charge in [-0.25, -0.2) is 9.97 Å². The monoisotopic (exact) mass is 397 g/mol. The smallest absolute Gasteiger partial charge is 0.275 e. The molecule has 4 nitrogen and oxygen atoms in total. The second kappa shape index (κ2) is 8.55. The normalized spacial score (nSPS) is 10.7. The van der Waals surface area contributed by atoms with E-state index in [4.69, 9.17) is 11.6 Å². The maximum absolute atomic E-state index is 12.6. The van der Waals surface area contributed by atoms with Crippen molar-refractivity contribution in [2.45, 2.75) is 31.7 Å². The Labute approximate surface area is 168 Å². The first-order valence-corrected chi connectivity index (χ1v) is 9.88. The van der Waals surface area contributed by atoms with Crippen LogP contribution in [0, 0.1) is 20.8 Å². The lowest BCUT2D eigenvalue weighted by atomic mass is 10.1. The van der Waals surface area contributed by atoms with E-state index in [1.165, 1.54) is 34.6 Å². The maximum Gasteiger partial charge on any atom is 0.275 e. The highest BCUT2D eigenvalue weighted by molar-refractivity contribution is 7.98. The Hall–Kier alpha value is -2.37. The van der Waals surface area contributed by atoms with Crippen molar-refractivity contribution in [1.82, 2.24) is 9.97 Å². The van der Waals surface area contributed by atoms with Crippen molar-refractivity contribution in [3.8, 4) is 0 Å². The number of halogens is 1. The Morgan fingerprint density at radius 1 is 1.07 bits per heavy atom. The van der Waals surface area contributed by atoms with Crippen LogP contribution in [0.1, 0.15) is 32.7 Å². The summed E-state index contributed by atoms with van der Waals surface area (Å²) in [6, 6.07) is 14.0. The average molecular weight is 398 g/mol. The van der Waals surface area contributed by atoms with Gasteiger partial charge in [0, 0.05) is 11.4 Å². The maximum atomic E-state index is 12.6. The second-order valence-electron chi connectivity index (χ2n) is 6.38. The van der Waals surface area contributed by atoms with E-state index in [1.807, 2.05) is 32.0 Å². The van der Waals surface area contributed by atoms with E-state index in [1.54, 1.807) is 0 Å². The number of hydrogen-bond donors (Lipinski definition) is 1. The van der Waals surface area contributed by atoms with Crippen molar-refractivity contribution in [3.05, 3.63) is 81.6 Å². The summed E-state index contributed by atoms with van der Waals surface area (Å²) < 4.78 is 0. The largest absolute Gasteiger partial charge is 0.321 e. The molecule has 0 saturated carbocycles. The lowest BCUT2D eigenvalue weighted by Crippen LogP contribution is -2.15. The van der Waals surface area contributed by atoms with Crippen molar-refractivity contribution in [3.63, 3.8) is 0 Å². The van der Waals surface area contributed by atoms with Gasteiger partial charge in [0.1, 0.15) is 0 Å². The van der Waals surface area contributed by atoms with E-state index in [-0.39, 0.29) is 16.6 Å². The van der Waals surface area contributed by atoms with Gasteiger partial charge in [-0.05, 0) is 49.6 Å². The van der Waals surface area contributed by atoms with Crippen LogP contribution in [0.4, 0.5) is 5.69 Å². The average Bonchev–Trinajstić information content (AvgIpc) is 2.65. The van der Waals surface area contributed by atoms with Crippen molar-refractivity contribution < 1.29 is 4.79 Å². The van der Waals surface area contributed by atoms with Crippen molar-refractivity contribution >= 4 is 35.0 Å². The van der Waals surface area contributed by atoms with Gasteiger partial charge < -0.3 is 5.32 Å². The molecule has 0 saturated heterocycles. The van der Waals surface area contributed by atoms with E-state index in [0.29, 0.717) is 10.8 Å². The van der Waals surface area contributed by atoms with Gasteiger partial charge in [-0.3, -0.25) is 4.79 Å². The van der Waals surface area contributed by atoms with Gasteiger partial charge in [-0.1, -0.05) is 59.3 Å². The number of aromatic nitrogens is 2. The van der Waals surface area contributed by atoms with Crippen molar-refractivity contribution in [2.75, 3.05) is 5.32 Å². The van der Waals surface area contributed by atoms with Gasteiger partial charge in [0.2, 0.25) is 0 Å². The number of anilines is 1. The topological polar surface area (TPSA) is 54.9 Å². The molecule has 2 aromatic carbocycles. The predicted octanol–water partition coefficient (Wildman–Crippen LogP) is 5.60. The number of rotatable bonds is 5. The summed E-state index contributed by atoms with van der Waals surface area (Å²) in [6.07, 6.45) is 1.47. The van der Waals surface area contributed by atoms with E-state index in [0.717, 1.165) is 11.3 Å². The fraction of sp³-hybridized carbons (Fsp3) is 0.190. The number of aryl methyl sites for hydroxylation is 3. The van der Waals surface area contributed by atoms with Gasteiger partial charge in [0.05, 0.1) is 11.2 Å². The molecule has 0 atom stereocenters. The molecule has 0 aliphatic heterocycles. The van der Waals surface area contributed by atoms with Crippen molar-refractivity contribution in [1.29, 1.82) is 0 Å². The van der Waals surface area contributed by atoms with E-state index in [2.05, 4.69) is 46.5 Å². The van der Waals surface area contributed by atoms with Crippen LogP contribution in [0.25, 0.3) is 0 Å². The Balaban J connectivity index is 1.72. The first-order chi connectivity index (χ1) is 12.9. The molecular formula is C21H20ClN3OS. The summed E-state index contributed by atoms with van der Waals surface area (Å²) in [5.41, 5.74) is 5.56. The molecule has 138 valence electrons. The summed E-state index contributed by atoms with van der Waals surface area (Å²) in [5.74, 6) is 0.378. The SMILES string of the molecule is Cc1ccc(CSc2ncc(Cl)c(C(=O)Nc3ccc(C)c(C)c3)n2)cc1. The number of amides is 1. The summed E-state index contributed by atoms with van der Waals surface area (Å²) in [5, 5.41) is 3.60. The summed E-state index contributed by atoms with van der Waals surface area (Å²) in [7, 11) is 0. The third-order valence-corrected chi connectivity index (χ3v) is 5.40. The van der Waals surface area contributed by atoms with Crippen LogP contribution < -0.4 is 5.32 Å². The summed E-state index contributed by atoms with van der Waals surface area (Å²) >= 11 is 7.62. The second-order valence-corrected chi connectivity index (χ2v) is 7.73. The number of nitrogens with one attached hydrogen (secondary N) is 1. The highest BCUT2D eigenvalue weighted by atomic mass is 35.5. The number of hydrogen-bond acceptors (Lipinski definition) is 4. The van der Waals surface area contributed by atoms with Gasteiger partial charge in [0.25, 0.3) is 5.91 Å². The molecule has 0 bridgehead atoms. The van der Waals surface area contributed by atoms with Crippen LogP contribution >= 0.6 is 23.4 Å². The minimum atomic E-state index is -0.345. The van der Waals surface area contributed by atoms with Crippen LogP contribution in [-0.4, -0.2) is 15.9 Å². The molecule has 1 amide bonds. The molecule has 0 spiro atoms. The molecule has 0 radical (unpaired) electrons. The standard InChI is InChI=1S/C21H20ClN3OS/c1-13-4-7-16(8-5-13)12-27-21-23-11-18(22)19(25-21)20(26)24-17-9-6-14(2)15(3)10-17/h4-11H,12H2,1-3H3,(H,24,26). The zero-order valence-corrected chi connectivity index (χ0v) is 17.0. The molecule has 0 unspecified atom stereocenters. The summed E-state index contributed by atoms with van der Waals surface area (Å²) in [4.78, 5) is 21.2. The lowest BCUT2D eigenvalue weighted by Gasteiger charge is -2.09. The molecule has 0 fully saturated rings. The fourth-order valence-electron chi connectivity index (χ4n) is 2.42. The zero-order valence-electron chi connectivity index (χ0n) is 15.4. The Bertz CT molecular complexity index is 974. The van der Waals surface area contributed by atoms with Crippen molar-refractivity contribution in [2.24, 2.45) is 0 Å². The molecule has 3 rings (SSSR count). The van der Waals surface area contributed by atoms with Gasteiger partial charge in [-0.2, -0.15) is 0 Å². The Morgan fingerprint density at radius 2 is 1.81 bits per heavy atom. The third kappa shape index (κ3) is 5.08. The minimum absolute atomic E-state index is 0.177. The van der Waals surface area contributed by atoms with E-state index in [9.17, 15) is 4.79 Å². The van der Waals surface area contributed by atoms with Crippen LogP contribution in [-0.2, 0) is 5.75 Å². The fourth-order valence-corrected chi connectivity index (χ4v) is 3.37. The van der Waals surface area contributed by atoms with Crippen LogP contribution in [0.15, 0.2) is 53.8 Å². The van der Waals surface area contributed by atoms with Crippen LogP contribution in [0.3, 0.4) is 0 Å². The van der Waals surface area contributed by atoms with Gasteiger partial charge in [-0.15, -0.1) is 0 Å². The number of carbonyl (C=O) groups is 1. The molecule has 0 aliphatic rings. The zero-order chi connectivity index (χ0) is 19.4. The first kappa shape index (κ1) is 19.4. The first-order valence-electron chi connectivity index (χ1n) is 8.52. The molecule has 27 heavy (non-hydrogen) atoms.